The zero-order valence-electron chi connectivity index (χ0n) is 20.3. The van der Waals surface area contributed by atoms with Crippen molar-refractivity contribution in [3.8, 4) is 17.0 Å². The largest absolute Gasteiger partial charge is 0.495 e. The molecular formula is C29H24N4O4. The number of nitrogens with one attached hydrogen (secondary N) is 1. The molecule has 0 bridgehead atoms. The Labute approximate surface area is 213 Å². The number of carbonyl (C=O) groups excluding carboxylic acids is 2. The summed E-state index contributed by atoms with van der Waals surface area (Å²) in [7, 11) is 1.52. The first-order chi connectivity index (χ1) is 18.0. The Morgan fingerprint density at radius 3 is 2.41 bits per heavy atom. The summed E-state index contributed by atoms with van der Waals surface area (Å²) >= 11 is 0. The number of rotatable bonds is 7. The zero-order valence-corrected chi connectivity index (χ0v) is 20.3. The fourth-order valence-electron chi connectivity index (χ4n) is 4.05. The SMILES string of the molecule is COc1ccc(C)cc1NC(=O)C(OC(=O)c1cnn2c(-c3ccccc3)ccnc12)c1ccccc1. The Kier molecular flexibility index (Phi) is 6.63. The van der Waals surface area contributed by atoms with E-state index in [-0.39, 0.29) is 5.56 Å². The molecule has 1 amide bonds. The summed E-state index contributed by atoms with van der Waals surface area (Å²) < 4.78 is 12.8. The number of hydrogen-bond acceptors (Lipinski definition) is 6. The quantitative estimate of drug-likeness (QED) is 0.312. The highest BCUT2D eigenvalue weighted by atomic mass is 16.5. The minimum Gasteiger partial charge on any atom is -0.495 e. The maximum atomic E-state index is 13.4. The van der Waals surface area contributed by atoms with Gasteiger partial charge >= 0.3 is 5.97 Å². The van der Waals surface area contributed by atoms with E-state index in [1.165, 1.54) is 13.3 Å². The van der Waals surface area contributed by atoms with Gasteiger partial charge in [0.2, 0.25) is 6.10 Å². The van der Waals surface area contributed by atoms with Crippen LogP contribution in [0.3, 0.4) is 0 Å². The van der Waals surface area contributed by atoms with Crippen LogP contribution in [0.1, 0.15) is 27.6 Å². The topological polar surface area (TPSA) is 94.8 Å². The van der Waals surface area contributed by atoms with Crippen molar-refractivity contribution in [1.29, 1.82) is 0 Å². The number of anilines is 1. The zero-order chi connectivity index (χ0) is 25.8. The van der Waals surface area contributed by atoms with Crippen molar-refractivity contribution >= 4 is 23.2 Å². The first kappa shape index (κ1) is 23.7. The van der Waals surface area contributed by atoms with Crippen molar-refractivity contribution in [2.75, 3.05) is 12.4 Å². The number of aromatic nitrogens is 3. The number of fused-ring (bicyclic) bond motifs is 1. The lowest BCUT2D eigenvalue weighted by molar-refractivity contribution is -0.125. The highest BCUT2D eigenvalue weighted by molar-refractivity contribution is 6.01. The average Bonchev–Trinajstić information content (AvgIpc) is 3.37. The number of nitrogens with zero attached hydrogens (tertiary/aromatic N) is 3. The predicted octanol–water partition coefficient (Wildman–Crippen LogP) is 5.25. The lowest BCUT2D eigenvalue weighted by atomic mass is 10.1. The molecule has 0 radical (unpaired) electrons. The van der Waals surface area contributed by atoms with E-state index in [2.05, 4.69) is 15.4 Å². The maximum absolute atomic E-state index is 13.4. The van der Waals surface area contributed by atoms with Crippen molar-refractivity contribution < 1.29 is 19.1 Å². The molecule has 1 unspecified atom stereocenters. The van der Waals surface area contributed by atoms with Crippen LogP contribution in [-0.4, -0.2) is 33.6 Å². The number of carbonyl (C=O) groups is 2. The number of hydrogen-bond donors (Lipinski definition) is 1. The maximum Gasteiger partial charge on any atom is 0.344 e. The number of esters is 1. The predicted molar refractivity (Wildman–Crippen MR) is 139 cm³/mol. The summed E-state index contributed by atoms with van der Waals surface area (Å²) in [5.41, 5.74) is 4.12. The van der Waals surface area contributed by atoms with Crippen LogP contribution in [0.25, 0.3) is 16.9 Å². The van der Waals surface area contributed by atoms with Crippen LogP contribution in [0.5, 0.6) is 5.75 Å². The molecule has 1 N–H and O–H groups in total. The molecule has 5 rings (SSSR count). The van der Waals surface area contributed by atoms with Gasteiger partial charge in [-0.2, -0.15) is 5.10 Å². The van der Waals surface area contributed by atoms with Gasteiger partial charge in [-0.25, -0.2) is 14.3 Å². The summed E-state index contributed by atoms with van der Waals surface area (Å²) in [6.45, 7) is 1.91. The Bertz CT molecular complexity index is 1570. The Morgan fingerprint density at radius 2 is 1.68 bits per heavy atom. The molecule has 3 aromatic carbocycles. The third kappa shape index (κ3) is 4.90. The molecule has 184 valence electrons. The summed E-state index contributed by atoms with van der Waals surface area (Å²) in [6.07, 6.45) is 1.80. The minimum atomic E-state index is -1.22. The van der Waals surface area contributed by atoms with Crippen LogP contribution in [0.4, 0.5) is 5.69 Å². The number of ether oxygens (including phenoxy) is 2. The molecule has 8 heteroatoms. The summed E-state index contributed by atoms with van der Waals surface area (Å²) in [5, 5.41) is 7.22. The summed E-state index contributed by atoms with van der Waals surface area (Å²) in [5.74, 6) is -0.733. The first-order valence-corrected chi connectivity index (χ1v) is 11.6. The van der Waals surface area contributed by atoms with Crippen LogP contribution in [0.2, 0.25) is 0 Å². The molecule has 8 nitrogen and oxygen atoms in total. The van der Waals surface area contributed by atoms with E-state index in [4.69, 9.17) is 9.47 Å². The van der Waals surface area contributed by atoms with E-state index in [0.29, 0.717) is 22.6 Å². The molecule has 0 saturated heterocycles. The normalized spacial score (nSPS) is 11.6. The van der Waals surface area contributed by atoms with Crippen molar-refractivity contribution in [3.63, 3.8) is 0 Å². The van der Waals surface area contributed by atoms with Gasteiger partial charge in [0.25, 0.3) is 5.91 Å². The van der Waals surface area contributed by atoms with E-state index < -0.39 is 18.0 Å². The van der Waals surface area contributed by atoms with E-state index in [1.54, 1.807) is 47.1 Å². The third-order valence-electron chi connectivity index (χ3n) is 5.87. The molecule has 2 aromatic heterocycles. The van der Waals surface area contributed by atoms with Crippen LogP contribution >= 0.6 is 0 Å². The van der Waals surface area contributed by atoms with Crippen molar-refractivity contribution in [2.45, 2.75) is 13.0 Å². The fourth-order valence-corrected chi connectivity index (χ4v) is 4.05. The van der Waals surface area contributed by atoms with E-state index in [0.717, 1.165) is 16.8 Å². The van der Waals surface area contributed by atoms with Crippen LogP contribution in [-0.2, 0) is 9.53 Å². The lowest BCUT2D eigenvalue weighted by Crippen LogP contribution is -2.26. The molecule has 2 heterocycles. The standard InChI is InChI=1S/C29H24N4O4/c1-19-13-14-25(36-2)23(17-19)32-28(34)26(21-11-7-4-8-12-21)37-29(35)22-18-31-33-24(15-16-30-27(22)33)20-9-5-3-6-10-20/h3-18,26H,1-2H3,(H,32,34). The lowest BCUT2D eigenvalue weighted by Gasteiger charge is -2.19. The Balaban J connectivity index is 1.47. The van der Waals surface area contributed by atoms with E-state index in [9.17, 15) is 9.59 Å². The number of aryl methyl sites for hydroxylation is 1. The van der Waals surface area contributed by atoms with Crippen molar-refractivity contribution in [1.82, 2.24) is 14.6 Å². The first-order valence-electron chi connectivity index (χ1n) is 11.6. The molecular weight excluding hydrogens is 468 g/mol. The van der Waals surface area contributed by atoms with Crippen LogP contribution in [0, 0.1) is 6.92 Å². The molecule has 0 fully saturated rings. The third-order valence-corrected chi connectivity index (χ3v) is 5.87. The van der Waals surface area contributed by atoms with Gasteiger partial charge in [0.1, 0.15) is 11.3 Å². The van der Waals surface area contributed by atoms with E-state index in [1.807, 2.05) is 55.5 Å². The average molecular weight is 493 g/mol. The van der Waals surface area contributed by atoms with Gasteiger partial charge in [-0.1, -0.05) is 66.7 Å². The van der Waals surface area contributed by atoms with Gasteiger partial charge in [0, 0.05) is 17.3 Å². The van der Waals surface area contributed by atoms with Gasteiger partial charge < -0.3 is 14.8 Å². The van der Waals surface area contributed by atoms with Gasteiger partial charge in [-0.15, -0.1) is 0 Å². The number of amides is 1. The van der Waals surface area contributed by atoms with Crippen molar-refractivity contribution in [2.24, 2.45) is 0 Å². The van der Waals surface area contributed by atoms with E-state index >= 15 is 0 Å². The second-order valence-electron chi connectivity index (χ2n) is 8.38. The molecule has 37 heavy (non-hydrogen) atoms. The van der Waals surface area contributed by atoms with Gasteiger partial charge in [-0.3, -0.25) is 4.79 Å². The second-order valence-corrected chi connectivity index (χ2v) is 8.38. The Hall–Kier alpha value is -4.98. The van der Waals surface area contributed by atoms with Gasteiger partial charge in [0.05, 0.1) is 24.7 Å². The smallest absolute Gasteiger partial charge is 0.344 e. The van der Waals surface area contributed by atoms with Crippen molar-refractivity contribution in [3.05, 3.63) is 114 Å². The second kappa shape index (κ2) is 10.3. The summed E-state index contributed by atoms with van der Waals surface area (Å²) in [4.78, 5) is 31.1. The molecule has 1 atom stereocenters. The fraction of sp³-hybridized carbons (Fsp3) is 0.103. The molecule has 0 aliphatic heterocycles. The summed E-state index contributed by atoms with van der Waals surface area (Å²) in [6, 6.07) is 25.8. The molecule has 0 saturated carbocycles. The van der Waals surface area contributed by atoms with Gasteiger partial charge in [-0.05, 0) is 30.7 Å². The van der Waals surface area contributed by atoms with Gasteiger partial charge in [0.15, 0.2) is 5.65 Å². The molecule has 0 aliphatic rings. The Morgan fingerprint density at radius 1 is 0.946 bits per heavy atom. The van der Waals surface area contributed by atoms with Crippen LogP contribution < -0.4 is 10.1 Å². The van der Waals surface area contributed by atoms with Crippen LogP contribution in [0.15, 0.2) is 97.3 Å². The molecule has 0 aliphatic carbocycles. The number of methoxy groups -OCH3 is 1. The molecule has 5 aromatic rings. The molecule has 0 spiro atoms. The minimum absolute atomic E-state index is 0.152. The number of benzene rings is 3. The monoisotopic (exact) mass is 492 g/mol. The highest BCUT2D eigenvalue weighted by Crippen LogP contribution is 2.29. The highest BCUT2D eigenvalue weighted by Gasteiger charge is 2.28.